The summed E-state index contributed by atoms with van der Waals surface area (Å²) in [5.41, 5.74) is 4.21. The Hall–Kier alpha value is -3.77. The average molecular weight is 440 g/mol. The fourth-order valence-electron chi connectivity index (χ4n) is 2.79. The molecule has 156 valence electrons. The number of nitrogens with zero attached hydrogens (tertiary/aromatic N) is 2. The quantitative estimate of drug-likeness (QED) is 0.433. The largest absolute Gasteiger partial charge is 0.405 e. The van der Waals surface area contributed by atoms with Crippen molar-refractivity contribution in [1.29, 1.82) is 0 Å². The van der Waals surface area contributed by atoms with Crippen molar-refractivity contribution in [3.63, 3.8) is 0 Å². The lowest BCUT2D eigenvalue weighted by Crippen LogP contribution is -2.36. The fourth-order valence-corrected chi connectivity index (χ4v) is 3.38. The van der Waals surface area contributed by atoms with E-state index >= 15 is 0 Å². The summed E-state index contributed by atoms with van der Waals surface area (Å²) in [6.07, 6.45) is -0.785. The number of benzene rings is 1. The van der Waals surface area contributed by atoms with Crippen LogP contribution < -0.4 is 10.6 Å². The van der Waals surface area contributed by atoms with E-state index in [1.54, 1.807) is 40.9 Å². The lowest BCUT2D eigenvalue weighted by Gasteiger charge is -2.10. The van der Waals surface area contributed by atoms with Crippen LogP contribution in [0.2, 0.25) is 0 Å². The number of thiophene rings is 1. The number of halogens is 3. The van der Waals surface area contributed by atoms with Crippen LogP contribution in [0.3, 0.4) is 0 Å². The monoisotopic (exact) mass is 440 g/mol. The van der Waals surface area contributed by atoms with E-state index in [4.69, 9.17) is 0 Å². The van der Waals surface area contributed by atoms with Crippen molar-refractivity contribution in [2.24, 2.45) is 0 Å². The third-order valence-electron chi connectivity index (χ3n) is 4.20. The van der Waals surface area contributed by atoms with Gasteiger partial charge >= 0.3 is 12.2 Å². The molecule has 3 aromatic heterocycles. The van der Waals surface area contributed by atoms with Crippen molar-refractivity contribution < 1.29 is 18.0 Å². The standard InChI is InChI=1S/C22H15F3N4OS/c23-22(24,25)14-26-21(30)27-18-3-1-2-17(11-18)19-12-29-8-6-15(10-20(29)28-19)4-5-16-7-9-31-13-16/h1-3,6-13H,14H2,(H2,26,27,30). The van der Waals surface area contributed by atoms with E-state index in [1.165, 1.54) is 0 Å². The van der Waals surface area contributed by atoms with E-state index in [2.05, 4.69) is 22.1 Å². The molecule has 4 rings (SSSR count). The van der Waals surface area contributed by atoms with Gasteiger partial charge in [-0.25, -0.2) is 9.78 Å². The van der Waals surface area contributed by atoms with Gasteiger partial charge in [-0.1, -0.05) is 24.0 Å². The SMILES string of the molecule is O=C(NCC(F)(F)F)Nc1cccc(-c2cn3ccc(C#Cc4ccsc4)cc3n2)c1. The van der Waals surface area contributed by atoms with Crippen molar-refractivity contribution in [2.75, 3.05) is 11.9 Å². The molecule has 0 radical (unpaired) electrons. The van der Waals surface area contributed by atoms with Gasteiger partial charge in [0.25, 0.3) is 0 Å². The summed E-state index contributed by atoms with van der Waals surface area (Å²) < 4.78 is 38.5. The maximum absolute atomic E-state index is 12.2. The molecule has 0 saturated carbocycles. The Balaban J connectivity index is 1.52. The molecule has 0 fully saturated rings. The van der Waals surface area contributed by atoms with Gasteiger partial charge < -0.3 is 15.0 Å². The highest BCUT2D eigenvalue weighted by atomic mass is 32.1. The van der Waals surface area contributed by atoms with Crippen molar-refractivity contribution in [2.45, 2.75) is 6.18 Å². The minimum absolute atomic E-state index is 0.358. The number of hydrogen-bond acceptors (Lipinski definition) is 3. The number of fused-ring (bicyclic) bond motifs is 1. The number of rotatable bonds is 3. The summed E-state index contributed by atoms with van der Waals surface area (Å²) in [4.78, 5) is 16.3. The van der Waals surface area contributed by atoms with Crippen molar-refractivity contribution in [1.82, 2.24) is 14.7 Å². The highest BCUT2D eigenvalue weighted by molar-refractivity contribution is 7.08. The van der Waals surface area contributed by atoms with Crippen LogP contribution in [0.5, 0.6) is 0 Å². The molecule has 0 aliphatic rings. The molecule has 0 aliphatic heterocycles. The number of pyridine rings is 1. The van der Waals surface area contributed by atoms with Gasteiger partial charge in [0.05, 0.1) is 5.69 Å². The summed E-state index contributed by atoms with van der Waals surface area (Å²) in [5, 5.41) is 8.11. The first-order valence-corrected chi connectivity index (χ1v) is 10.0. The molecule has 4 aromatic rings. The second-order valence-corrected chi connectivity index (χ2v) is 7.35. The smallest absolute Gasteiger partial charge is 0.329 e. The van der Waals surface area contributed by atoms with Crippen LogP contribution >= 0.6 is 11.3 Å². The number of hydrogen-bond donors (Lipinski definition) is 2. The van der Waals surface area contributed by atoms with Crippen LogP contribution in [0.1, 0.15) is 11.1 Å². The number of aromatic nitrogens is 2. The minimum atomic E-state index is -4.47. The molecule has 31 heavy (non-hydrogen) atoms. The highest BCUT2D eigenvalue weighted by Crippen LogP contribution is 2.23. The number of urea groups is 1. The third-order valence-corrected chi connectivity index (χ3v) is 4.88. The number of nitrogens with one attached hydrogen (secondary N) is 2. The first-order chi connectivity index (χ1) is 14.9. The Bertz CT molecular complexity index is 1280. The Morgan fingerprint density at radius 1 is 1.13 bits per heavy atom. The van der Waals surface area contributed by atoms with Gasteiger partial charge in [-0.2, -0.15) is 24.5 Å². The number of imidazole rings is 1. The Labute approximate surface area is 179 Å². The molecule has 0 spiro atoms. The topological polar surface area (TPSA) is 58.4 Å². The van der Waals surface area contributed by atoms with Crippen molar-refractivity contribution in [3.05, 3.63) is 76.7 Å². The molecule has 0 atom stereocenters. The maximum atomic E-state index is 12.2. The van der Waals surface area contributed by atoms with Crippen LogP contribution in [-0.4, -0.2) is 28.1 Å². The van der Waals surface area contributed by atoms with Gasteiger partial charge in [-0.15, -0.1) is 0 Å². The average Bonchev–Trinajstić information content (AvgIpc) is 3.40. The molecule has 5 nitrogen and oxygen atoms in total. The molecule has 3 heterocycles. The zero-order chi connectivity index (χ0) is 21.8. The van der Waals surface area contributed by atoms with Crippen LogP contribution in [0, 0.1) is 11.8 Å². The predicted octanol–water partition coefficient (Wildman–Crippen LogP) is 5.15. The van der Waals surface area contributed by atoms with E-state index < -0.39 is 18.8 Å². The number of carbonyl (C=O) groups excluding carboxylic acids is 1. The fraction of sp³-hybridized carbons (Fsp3) is 0.0909. The summed E-state index contributed by atoms with van der Waals surface area (Å²) in [6.45, 7) is -1.40. The van der Waals surface area contributed by atoms with Gasteiger partial charge in [0, 0.05) is 40.2 Å². The molecule has 9 heteroatoms. The van der Waals surface area contributed by atoms with E-state index in [-0.39, 0.29) is 0 Å². The van der Waals surface area contributed by atoms with Gasteiger partial charge in [0.1, 0.15) is 12.2 Å². The van der Waals surface area contributed by atoms with Gasteiger partial charge in [-0.05, 0) is 35.7 Å². The molecule has 0 aliphatic carbocycles. The first kappa shape index (κ1) is 20.5. The second-order valence-electron chi connectivity index (χ2n) is 6.57. The molecule has 1 aromatic carbocycles. The number of carbonyl (C=O) groups is 1. The lowest BCUT2D eigenvalue weighted by atomic mass is 10.1. The number of alkyl halides is 3. The van der Waals surface area contributed by atoms with Crippen LogP contribution in [0.15, 0.2) is 65.6 Å². The molecule has 0 bridgehead atoms. The first-order valence-electron chi connectivity index (χ1n) is 9.11. The van der Waals surface area contributed by atoms with E-state index in [0.717, 1.165) is 11.1 Å². The molecule has 2 amide bonds. The van der Waals surface area contributed by atoms with Gasteiger partial charge in [-0.3, -0.25) is 0 Å². The van der Waals surface area contributed by atoms with Gasteiger partial charge in [0.2, 0.25) is 0 Å². The zero-order valence-corrected chi connectivity index (χ0v) is 16.7. The normalized spacial score (nSPS) is 11.1. The summed E-state index contributed by atoms with van der Waals surface area (Å²) in [7, 11) is 0. The third kappa shape index (κ3) is 5.43. The summed E-state index contributed by atoms with van der Waals surface area (Å²) in [5.74, 6) is 6.21. The van der Waals surface area contributed by atoms with Crippen LogP contribution in [0.25, 0.3) is 16.9 Å². The second kappa shape index (κ2) is 8.53. The predicted molar refractivity (Wildman–Crippen MR) is 114 cm³/mol. The number of amides is 2. The lowest BCUT2D eigenvalue weighted by molar-refractivity contribution is -0.122. The molecular weight excluding hydrogens is 425 g/mol. The van der Waals surface area contributed by atoms with Crippen molar-refractivity contribution >= 4 is 28.7 Å². The maximum Gasteiger partial charge on any atom is 0.405 e. The van der Waals surface area contributed by atoms with E-state index in [9.17, 15) is 18.0 Å². The minimum Gasteiger partial charge on any atom is -0.329 e. The Morgan fingerprint density at radius 3 is 2.74 bits per heavy atom. The Kier molecular flexibility index (Phi) is 5.64. The summed E-state index contributed by atoms with van der Waals surface area (Å²) in [6, 6.07) is 11.5. The zero-order valence-electron chi connectivity index (χ0n) is 15.9. The molecule has 2 N–H and O–H groups in total. The van der Waals surface area contributed by atoms with E-state index in [1.807, 2.05) is 45.8 Å². The molecule has 0 saturated heterocycles. The van der Waals surface area contributed by atoms with E-state index in [0.29, 0.717) is 22.6 Å². The Morgan fingerprint density at radius 2 is 1.97 bits per heavy atom. The molecule has 0 unspecified atom stereocenters. The van der Waals surface area contributed by atoms with Crippen LogP contribution in [0.4, 0.5) is 23.7 Å². The molecular formula is C22H15F3N4OS. The van der Waals surface area contributed by atoms with Crippen molar-refractivity contribution in [3.8, 4) is 23.1 Å². The summed E-state index contributed by atoms with van der Waals surface area (Å²) >= 11 is 1.59. The highest BCUT2D eigenvalue weighted by Gasteiger charge is 2.27. The van der Waals surface area contributed by atoms with Crippen LogP contribution in [-0.2, 0) is 0 Å². The van der Waals surface area contributed by atoms with Gasteiger partial charge in [0.15, 0.2) is 0 Å². The number of anilines is 1.